The fraction of sp³-hybridized carbons (Fsp3) is 0.333. The van der Waals surface area contributed by atoms with Crippen LogP contribution >= 0.6 is 23.8 Å². The third-order valence-electron chi connectivity index (χ3n) is 2.32. The van der Waals surface area contributed by atoms with Gasteiger partial charge in [0.05, 0.1) is 10.7 Å². The Morgan fingerprint density at radius 1 is 1.50 bits per heavy atom. The minimum absolute atomic E-state index is 0.270. The number of thiocarbonyl (C=S) groups is 1. The summed E-state index contributed by atoms with van der Waals surface area (Å²) in [5, 5.41) is 5.81. The Labute approximate surface area is 117 Å². The van der Waals surface area contributed by atoms with Crippen LogP contribution in [-0.4, -0.2) is 17.6 Å². The highest BCUT2D eigenvalue weighted by Gasteiger charge is 2.06. The first kappa shape index (κ1) is 14.7. The predicted molar refractivity (Wildman–Crippen MR) is 79.3 cm³/mol. The molecule has 2 amide bonds. The van der Waals surface area contributed by atoms with Gasteiger partial charge in [-0.15, -0.1) is 0 Å². The molecule has 0 aliphatic rings. The fourth-order valence-electron chi connectivity index (χ4n) is 1.31. The fourth-order valence-corrected chi connectivity index (χ4v) is 1.67. The number of rotatable bonds is 5. The first-order chi connectivity index (χ1) is 8.54. The SMILES string of the molecule is CCCCNC(=O)Nc1ccc(C(N)=S)cc1Cl. The Balaban J connectivity index is 2.62. The van der Waals surface area contributed by atoms with Crippen LogP contribution in [0.2, 0.25) is 5.02 Å². The van der Waals surface area contributed by atoms with Crippen molar-refractivity contribution < 1.29 is 4.79 Å². The minimum atomic E-state index is -0.270. The number of anilines is 1. The third-order valence-corrected chi connectivity index (χ3v) is 2.87. The number of hydrogen-bond donors (Lipinski definition) is 3. The van der Waals surface area contributed by atoms with Crippen LogP contribution in [-0.2, 0) is 0 Å². The molecule has 1 aromatic carbocycles. The molecule has 0 aromatic heterocycles. The molecular weight excluding hydrogens is 270 g/mol. The average molecular weight is 286 g/mol. The summed E-state index contributed by atoms with van der Waals surface area (Å²) in [7, 11) is 0. The number of halogens is 1. The van der Waals surface area contributed by atoms with Crippen LogP contribution in [0.15, 0.2) is 18.2 Å². The third kappa shape index (κ3) is 4.50. The maximum Gasteiger partial charge on any atom is 0.319 e. The average Bonchev–Trinajstić information content (AvgIpc) is 2.32. The Morgan fingerprint density at radius 3 is 2.78 bits per heavy atom. The smallest absolute Gasteiger partial charge is 0.319 e. The number of urea groups is 1. The van der Waals surface area contributed by atoms with Gasteiger partial charge >= 0.3 is 6.03 Å². The van der Waals surface area contributed by atoms with E-state index in [0.717, 1.165) is 12.8 Å². The number of hydrogen-bond acceptors (Lipinski definition) is 2. The van der Waals surface area contributed by atoms with Gasteiger partial charge in [0, 0.05) is 12.1 Å². The number of amides is 2. The van der Waals surface area contributed by atoms with Crippen molar-refractivity contribution in [1.29, 1.82) is 0 Å². The molecule has 0 saturated heterocycles. The lowest BCUT2D eigenvalue weighted by Gasteiger charge is -2.09. The van der Waals surface area contributed by atoms with Crippen molar-refractivity contribution in [2.24, 2.45) is 5.73 Å². The van der Waals surface area contributed by atoms with Crippen LogP contribution in [0.5, 0.6) is 0 Å². The molecule has 0 bridgehead atoms. The Morgan fingerprint density at radius 2 is 2.22 bits per heavy atom. The number of unbranched alkanes of at least 4 members (excludes halogenated alkanes) is 1. The summed E-state index contributed by atoms with van der Waals surface area (Å²) in [6, 6.07) is 4.76. The van der Waals surface area contributed by atoms with E-state index >= 15 is 0 Å². The Hall–Kier alpha value is -1.33. The summed E-state index contributed by atoms with van der Waals surface area (Å²) in [6.07, 6.45) is 1.98. The summed E-state index contributed by atoms with van der Waals surface area (Å²) in [5.74, 6) is 0. The van der Waals surface area contributed by atoms with Gasteiger partial charge in [0.1, 0.15) is 4.99 Å². The van der Waals surface area contributed by atoms with E-state index in [1.165, 1.54) is 0 Å². The molecule has 0 aliphatic carbocycles. The lowest BCUT2D eigenvalue weighted by atomic mass is 10.2. The maximum atomic E-state index is 11.5. The van der Waals surface area contributed by atoms with E-state index in [1.807, 2.05) is 0 Å². The van der Waals surface area contributed by atoms with Gasteiger partial charge in [-0.2, -0.15) is 0 Å². The van der Waals surface area contributed by atoms with Crippen molar-refractivity contribution in [3.63, 3.8) is 0 Å². The largest absolute Gasteiger partial charge is 0.389 e. The van der Waals surface area contributed by atoms with Crippen molar-refractivity contribution in [3.8, 4) is 0 Å². The van der Waals surface area contributed by atoms with Gasteiger partial charge in [-0.25, -0.2) is 4.79 Å². The Bertz CT molecular complexity index is 451. The van der Waals surface area contributed by atoms with Gasteiger partial charge in [0.15, 0.2) is 0 Å². The molecule has 0 atom stereocenters. The van der Waals surface area contributed by atoms with E-state index in [9.17, 15) is 4.79 Å². The van der Waals surface area contributed by atoms with Crippen LogP contribution in [0.25, 0.3) is 0 Å². The van der Waals surface area contributed by atoms with Gasteiger partial charge in [-0.3, -0.25) is 0 Å². The Kier molecular flexibility index (Phi) is 5.88. The number of carbonyl (C=O) groups excluding carboxylic acids is 1. The monoisotopic (exact) mass is 285 g/mol. The van der Waals surface area contributed by atoms with Gasteiger partial charge < -0.3 is 16.4 Å². The second-order valence-electron chi connectivity index (χ2n) is 3.79. The summed E-state index contributed by atoms with van der Waals surface area (Å²) in [5.41, 5.74) is 6.69. The first-order valence-corrected chi connectivity index (χ1v) is 6.47. The molecule has 0 heterocycles. The van der Waals surface area contributed by atoms with E-state index < -0.39 is 0 Å². The first-order valence-electron chi connectivity index (χ1n) is 5.68. The summed E-state index contributed by atoms with van der Waals surface area (Å²) in [4.78, 5) is 11.8. The van der Waals surface area contributed by atoms with Crippen LogP contribution in [0.3, 0.4) is 0 Å². The number of nitrogens with one attached hydrogen (secondary N) is 2. The normalized spacial score (nSPS) is 9.89. The van der Waals surface area contributed by atoms with E-state index in [1.54, 1.807) is 18.2 Å². The predicted octanol–water partition coefficient (Wildman–Crippen LogP) is 2.90. The summed E-state index contributed by atoms with van der Waals surface area (Å²) in [6.45, 7) is 2.70. The van der Waals surface area contributed by atoms with Gasteiger partial charge in [0.2, 0.25) is 0 Å². The van der Waals surface area contributed by atoms with Gasteiger partial charge in [0.25, 0.3) is 0 Å². The minimum Gasteiger partial charge on any atom is -0.389 e. The maximum absolute atomic E-state index is 11.5. The van der Waals surface area contributed by atoms with Crippen molar-refractivity contribution in [2.45, 2.75) is 19.8 Å². The van der Waals surface area contributed by atoms with E-state index in [2.05, 4.69) is 17.6 Å². The highest BCUT2D eigenvalue weighted by atomic mass is 35.5. The van der Waals surface area contributed by atoms with Crippen LogP contribution < -0.4 is 16.4 Å². The molecule has 98 valence electrons. The van der Waals surface area contributed by atoms with Crippen molar-refractivity contribution in [1.82, 2.24) is 5.32 Å². The zero-order valence-corrected chi connectivity index (χ0v) is 11.7. The molecule has 4 nitrogen and oxygen atoms in total. The topological polar surface area (TPSA) is 67.2 Å². The zero-order valence-electron chi connectivity index (χ0n) is 10.1. The van der Waals surface area contributed by atoms with Gasteiger partial charge in [-0.1, -0.05) is 37.2 Å². The number of benzene rings is 1. The molecule has 18 heavy (non-hydrogen) atoms. The van der Waals surface area contributed by atoms with Crippen LogP contribution in [0, 0.1) is 0 Å². The van der Waals surface area contributed by atoms with Crippen LogP contribution in [0.4, 0.5) is 10.5 Å². The lowest BCUT2D eigenvalue weighted by molar-refractivity contribution is 0.252. The van der Waals surface area contributed by atoms with Gasteiger partial charge in [-0.05, 0) is 24.6 Å². The standard InChI is InChI=1S/C12H16ClN3OS/c1-2-3-6-15-12(17)16-10-5-4-8(11(14)18)7-9(10)13/h4-5,7H,2-3,6H2,1H3,(H2,14,18)(H2,15,16,17). The molecule has 0 aliphatic heterocycles. The molecule has 0 radical (unpaired) electrons. The summed E-state index contributed by atoms with van der Waals surface area (Å²) >= 11 is 10.9. The molecule has 0 spiro atoms. The quantitative estimate of drug-likeness (QED) is 0.576. The molecule has 6 heteroatoms. The highest BCUT2D eigenvalue weighted by molar-refractivity contribution is 7.80. The van der Waals surface area contributed by atoms with E-state index in [0.29, 0.717) is 22.8 Å². The zero-order chi connectivity index (χ0) is 13.5. The van der Waals surface area contributed by atoms with E-state index in [-0.39, 0.29) is 11.0 Å². The molecule has 4 N–H and O–H groups in total. The lowest BCUT2D eigenvalue weighted by Crippen LogP contribution is -2.29. The van der Waals surface area contributed by atoms with Crippen molar-refractivity contribution in [2.75, 3.05) is 11.9 Å². The number of nitrogens with two attached hydrogens (primary N) is 1. The van der Waals surface area contributed by atoms with Crippen molar-refractivity contribution >= 4 is 40.5 Å². The van der Waals surface area contributed by atoms with Crippen LogP contribution in [0.1, 0.15) is 25.3 Å². The molecule has 1 aromatic rings. The molecule has 0 fully saturated rings. The molecule has 0 saturated carbocycles. The van der Waals surface area contributed by atoms with E-state index in [4.69, 9.17) is 29.6 Å². The molecular formula is C12H16ClN3OS. The molecule has 1 rings (SSSR count). The highest BCUT2D eigenvalue weighted by Crippen LogP contribution is 2.22. The number of carbonyl (C=O) groups is 1. The second kappa shape index (κ2) is 7.18. The summed E-state index contributed by atoms with van der Waals surface area (Å²) < 4.78 is 0. The second-order valence-corrected chi connectivity index (χ2v) is 4.64. The van der Waals surface area contributed by atoms with Crippen molar-refractivity contribution in [3.05, 3.63) is 28.8 Å². The molecule has 0 unspecified atom stereocenters.